The summed E-state index contributed by atoms with van der Waals surface area (Å²) in [5, 5.41) is 5.66. The minimum atomic E-state index is -1.08. The summed E-state index contributed by atoms with van der Waals surface area (Å²) < 4.78 is 19.1. The van der Waals surface area contributed by atoms with Gasteiger partial charge in [-0.15, -0.1) is 0 Å². The summed E-state index contributed by atoms with van der Waals surface area (Å²) in [4.78, 5) is 19.2. The number of hydrogen-bond acceptors (Lipinski definition) is 7. The van der Waals surface area contributed by atoms with E-state index in [0.29, 0.717) is 12.4 Å². The molecule has 0 radical (unpaired) electrons. The molecule has 0 aliphatic carbocycles. The Morgan fingerprint density at radius 1 is 1.16 bits per heavy atom. The maximum Gasteiger partial charge on any atom is 0.244 e. The number of likely N-dealkylation sites (tertiary alicyclic amines) is 1. The van der Waals surface area contributed by atoms with Gasteiger partial charge in [-0.05, 0) is 48.7 Å². The molecule has 1 fully saturated rings. The molecule has 31 heavy (non-hydrogen) atoms. The first-order valence-electron chi connectivity index (χ1n) is 10.3. The van der Waals surface area contributed by atoms with E-state index in [-0.39, 0.29) is 17.8 Å². The minimum Gasteiger partial charge on any atom is -0.338 e. The second-order valence-electron chi connectivity index (χ2n) is 7.75. The zero-order valence-corrected chi connectivity index (χ0v) is 16.8. The molecular weight excluding hydrogens is 397 g/mol. The molecule has 5 rings (SSSR count). The number of carbonyl (C=O) groups is 1. The number of hydrogen-bond donors (Lipinski definition) is 1. The number of hydrazine groups is 1. The SMILES string of the molecule is O=C[C@]1(N2CCCC(c3ccc(F)cc3)C2c2ncno2)C=CNN1c1ccccc1. The highest BCUT2D eigenvalue weighted by atomic mass is 19.1. The standard InChI is InChI=1S/C23H22FN5O2/c24-18-10-8-17(9-11-18)20-7-4-14-28(21(20)22-25-16-27-31-22)23(15-30)12-13-26-29(23)19-5-2-1-3-6-19/h1-3,5-6,8-13,15-16,20-21,26H,4,7,14H2/t20?,21?,23-/m0/s1. The number of carbonyl (C=O) groups excluding carboxylic acids is 1. The lowest BCUT2D eigenvalue weighted by atomic mass is 9.81. The Hall–Kier alpha value is -3.52. The van der Waals surface area contributed by atoms with Crippen molar-refractivity contribution < 1.29 is 13.7 Å². The van der Waals surface area contributed by atoms with Crippen LogP contribution in [0.25, 0.3) is 0 Å². The Labute approximate surface area is 179 Å². The van der Waals surface area contributed by atoms with Crippen LogP contribution < -0.4 is 10.4 Å². The van der Waals surface area contributed by atoms with Crippen LogP contribution in [0.5, 0.6) is 0 Å². The Balaban J connectivity index is 1.61. The molecule has 2 unspecified atom stereocenters. The predicted molar refractivity (Wildman–Crippen MR) is 112 cm³/mol. The van der Waals surface area contributed by atoms with Crippen molar-refractivity contribution in [2.24, 2.45) is 0 Å². The number of anilines is 1. The fraction of sp³-hybridized carbons (Fsp3) is 0.261. The highest BCUT2D eigenvalue weighted by Gasteiger charge is 2.51. The van der Waals surface area contributed by atoms with Crippen molar-refractivity contribution in [3.05, 3.63) is 90.5 Å². The van der Waals surface area contributed by atoms with Crippen molar-refractivity contribution in [1.29, 1.82) is 0 Å². The zero-order valence-electron chi connectivity index (χ0n) is 16.8. The average molecular weight is 419 g/mol. The van der Waals surface area contributed by atoms with Gasteiger partial charge in [0.25, 0.3) is 0 Å². The van der Waals surface area contributed by atoms with Gasteiger partial charge in [0.15, 0.2) is 18.3 Å². The molecule has 0 amide bonds. The van der Waals surface area contributed by atoms with E-state index in [1.54, 1.807) is 18.3 Å². The summed E-state index contributed by atoms with van der Waals surface area (Å²) in [6.45, 7) is 0.652. The molecule has 2 aromatic carbocycles. The number of halogens is 1. The molecule has 2 aliphatic rings. The topological polar surface area (TPSA) is 74.5 Å². The Bertz CT molecular complexity index is 1060. The smallest absolute Gasteiger partial charge is 0.244 e. The monoisotopic (exact) mass is 419 g/mol. The number of aromatic nitrogens is 2. The molecule has 1 aromatic heterocycles. The number of piperidine rings is 1. The lowest BCUT2D eigenvalue weighted by Crippen LogP contribution is -2.64. The number of benzene rings is 2. The van der Waals surface area contributed by atoms with Gasteiger partial charge in [0, 0.05) is 18.7 Å². The molecule has 2 aliphatic heterocycles. The van der Waals surface area contributed by atoms with Gasteiger partial charge in [-0.3, -0.25) is 14.7 Å². The van der Waals surface area contributed by atoms with Gasteiger partial charge in [0.2, 0.25) is 5.89 Å². The van der Waals surface area contributed by atoms with Crippen molar-refractivity contribution in [2.45, 2.75) is 30.5 Å². The molecule has 1 saturated heterocycles. The number of nitrogens with one attached hydrogen (secondary N) is 1. The second-order valence-corrected chi connectivity index (χ2v) is 7.75. The molecule has 3 heterocycles. The number of nitrogens with zero attached hydrogens (tertiary/aromatic N) is 4. The number of para-hydroxylation sites is 1. The van der Waals surface area contributed by atoms with Gasteiger partial charge in [-0.1, -0.05) is 35.5 Å². The Kier molecular flexibility index (Phi) is 4.99. The van der Waals surface area contributed by atoms with Crippen molar-refractivity contribution in [2.75, 3.05) is 11.6 Å². The maximum absolute atomic E-state index is 13.6. The van der Waals surface area contributed by atoms with Crippen molar-refractivity contribution in [3.8, 4) is 0 Å². The Morgan fingerprint density at radius 2 is 1.97 bits per heavy atom. The molecule has 8 heteroatoms. The van der Waals surface area contributed by atoms with Gasteiger partial charge in [0.05, 0.1) is 11.7 Å². The van der Waals surface area contributed by atoms with Crippen LogP contribution in [0.1, 0.15) is 36.3 Å². The van der Waals surface area contributed by atoms with E-state index >= 15 is 0 Å². The largest absolute Gasteiger partial charge is 0.338 e. The molecule has 158 valence electrons. The molecule has 0 bridgehead atoms. The predicted octanol–water partition coefficient (Wildman–Crippen LogP) is 3.56. The highest BCUT2D eigenvalue weighted by molar-refractivity contribution is 5.76. The summed E-state index contributed by atoms with van der Waals surface area (Å²) in [7, 11) is 0. The van der Waals surface area contributed by atoms with Crippen LogP contribution in [-0.2, 0) is 4.79 Å². The minimum absolute atomic E-state index is 0.0433. The van der Waals surface area contributed by atoms with Gasteiger partial charge >= 0.3 is 0 Å². The maximum atomic E-state index is 13.6. The third kappa shape index (κ3) is 3.29. The third-order valence-electron chi connectivity index (χ3n) is 6.10. The molecule has 3 atom stereocenters. The van der Waals surface area contributed by atoms with E-state index in [1.807, 2.05) is 41.4 Å². The van der Waals surface area contributed by atoms with Crippen LogP contribution >= 0.6 is 0 Å². The summed E-state index contributed by atoms with van der Waals surface area (Å²) in [5.41, 5.74) is 3.94. The second kappa shape index (κ2) is 7.96. The van der Waals surface area contributed by atoms with Gasteiger partial charge in [-0.25, -0.2) is 4.39 Å². The molecular formula is C23H22FN5O2. The van der Waals surface area contributed by atoms with E-state index in [0.717, 1.165) is 30.4 Å². The van der Waals surface area contributed by atoms with E-state index in [9.17, 15) is 9.18 Å². The normalized spacial score (nSPS) is 26.0. The van der Waals surface area contributed by atoms with Crippen molar-refractivity contribution in [3.63, 3.8) is 0 Å². The summed E-state index contributed by atoms with van der Waals surface area (Å²) >= 11 is 0. The van der Waals surface area contributed by atoms with Crippen LogP contribution in [0, 0.1) is 5.82 Å². The fourth-order valence-corrected chi connectivity index (χ4v) is 4.73. The molecule has 0 saturated carbocycles. The lowest BCUT2D eigenvalue weighted by molar-refractivity contribution is -0.119. The third-order valence-corrected chi connectivity index (χ3v) is 6.10. The first-order valence-corrected chi connectivity index (χ1v) is 10.3. The average Bonchev–Trinajstić information content (AvgIpc) is 3.50. The number of aldehydes is 1. The summed E-state index contributed by atoms with van der Waals surface area (Å²) in [6, 6.07) is 15.8. The van der Waals surface area contributed by atoms with E-state index < -0.39 is 5.66 Å². The quantitative estimate of drug-likeness (QED) is 0.634. The van der Waals surface area contributed by atoms with Gasteiger partial charge in [-0.2, -0.15) is 4.98 Å². The van der Waals surface area contributed by atoms with Gasteiger partial charge in [0.1, 0.15) is 5.82 Å². The Morgan fingerprint density at radius 3 is 2.68 bits per heavy atom. The van der Waals surface area contributed by atoms with Crippen molar-refractivity contribution in [1.82, 2.24) is 20.5 Å². The van der Waals surface area contributed by atoms with Gasteiger partial charge < -0.3 is 9.95 Å². The summed E-state index contributed by atoms with van der Waals surface area (Å²) in [5.74, 6) is 0.107. The van der Waals surface area contributed by atoms with Crippen LogP contribution in [-0.4, -0.2) is 33.5 Å². The van der Waals surface area contributed by atoms with E-state index in [1.165, 1.54) is 18.5 Å². The first kappa shape index (κ1) is 19.4. The molecule has 0 spiro atoms. The van der Waals surface area contributed by atoms with E-state index in [2.05, 4.69) is 20.5 Å². The van der Waals surface area contributed by atoms with Crippen LogP contribution in [0.15, 0.2) is 77.7 Å². The highest BCUT2D eigenvalue weighted by Crippen LogP contribution is 2.46. The molecule has 3 aromatic rings. The van der Waals surface area contributed by atoms with Crippen LogP contribution in [0.4, 0.5) is 10.1 Å². The fourth-order valence-electron chi connectivity index (χ4n) is 4.73. The first-order chi connectivity index (χ1) is 15.2. The van der Waals surface area contributed by atoms with Crippen molar-refractivity contribution >= 4 is 12.0 Å². The summed E-state index contributed by atoms with van der Waals surface area (Å²) in [6.07, 6.45) is 7.64. The van der Waals surface area contributed by atoms with Crippen LogP contribution in [0.2, 0.25) is 0 Å². The van der Waals surface area contributed by atoms with E-state index in [4.69, 9.17) is 4.52 Å². The molecule has 1 N–H and O–H groups in total. The number of rotatable bonds is 5. The zero-order chi connectivity index (χ0) is 21.3. The molecule has 7 nitrogen and oxygen atoms in total. The lowest BCUT2D eigenvalue weighted by Gasteiger charge is -2.49. The van der Waals surface area contributed by atoms with Crippen LogP contribution in [0.3, 0.4) is 0 Å².